The maximum atomic E-state index is 13.3. The average Bonchev–Trinajstić information content (AvgIpc) is 2.83. The molecule has 3 aromatic carbocycles. The summed E-state index contributed by atoms with van der Waals surface area (Å²) < 4.78 is 10.7. The van der Waals surface area contributed by atoms with Crippen molar-refractivity contribution in [2.75, 3.05) is 14.2 Å². The zero-order valence-electron chi connectivity index (χ0n) is 17.8. The van der Waals surface area contributed by atoms with E-state index in [0.717, 1.165) is 27.7 Å². The summed E-state index contributed by atoms with van der Waals surface area (Å²) in [5, 5.41) is 3.93. The predicted octanol–water partition coefficient (Wildman–Crippen LogP) is 5.41. The van der Waals surface area contributed by atoms with Crippen LogP contribution in [0.2, 0.25) is 0 Å². The van der Waals surface area contributed by atoms with E-state index in [2.05, 4.69) is 5.32 Å². The first-order chi connectivity index (χ1) is 15.1. The smallest absolute Gasteiger partial charge is 0.252 e. The number of nitrogens with one attached hydrogen (secondary N) is 1. The number of aromatic nitrogens is 1. The SMILES string of the molecule is COc1ccc(C(C)NC(=O)c2cc(-c3ccccc3)nc3ccccc23)cc1OC. The number of methoxy groups -OCH3 is 2. The second-order valence-corrected chi connectivity index (χ2v) is 7.25. The summed E-state index contributed by atoms with van der Waals surface area (Å²) in [5.74, 6) is 1.12. The van der Waals surface area contributed by atoms with E-state index in [1.807, 2.05) is 85.8 Å². The van der Waals surface area contributed by atoms with E-state index >= 15 is 0 Å². The molecule has 1 amide bonds. The summed E-state index contributed by atoms with van der Waals surface area (Å²) in [5.41, 5.74) is 4.04. The topological polar surface area (TPSA) is 60.5 Å². The molecule has 0 saturated carbocycles. The average molecular weight is 412 g/mol. The Morgan fingerprint density at radius 2 is 1.58 bits per heavy atom. The minimum absolute atomic E-state index is 0.155. The molecule has 0 bridgehead atoms. The van der Waals surface area contributed by atoms with Gasteiger partial charge in [0.25, 0.3) is 5.91 Å². The van der Waals surface area contributed by atoms with Crippen molar-refractivity contribution in [3.05, 3.63) is 90.0 Å². The highest BCUT2D eigenvalue weighted by atomic mass is 16.5. The Bertz CT molecular complexity index is 1220. The lowest BCUT2D eigenvalue weighted by atomic mass is 10.0. The molecule has 0 radical (unpaired) electrons. The van der Waals surface area contributed by atoms with Gasteiger partial charge in [-0.1, -0.05) is 54.6 Å². The Labute approximate surface area is 181 Å². The number of amides is 1. The van der Waals surface area contributed by atoms with Crippen LogP contribution in [0.15, 0.2) is 78.9 Å². The van der Waals surface area contributed by atoms with E-state index < -0.39 is 0 Å². The van der Waals surface area contributed by atoms with E-state index in [9.17, 15) is 4.79 Å². The highest BCUT2D eigenvalue weighted by Gasteiger charge is 2.17. The number of nitrogens with zero attached hydrogens (tertiary/aromatic N) is 1. The lowest BCUT2D eigenvalue weighted by molar-refractivity contribution is 0.0941. The van der Waals surface area contributed by atoms with Gasteiger partial charge in [-0.3, -0.25) is 4.79 Å². The molecule has 1 atom stereocenters. The third-order valence-electron chi connectivity index (χ3n) is 5.29. The van der Waals surface area contributed by atoms with Crippen molar-refractivity contribution in [1.29, 1.82) is 0 Å². The molecule has 0 spiro atoms. The van der Waals surface area contributed by atoms with Crippen LogP contribution in [0.5, 0.6) is 11.5 Å². The fraction of sp³-hybridized carbons (Fsp3) is 0.154. The lowest BCUT2D eigenvalue weighted by Gasteiger charge is -2.17. The summed E-state index contributed by atoms with van der Waals surface area (Å²) >= 11 is 0. The van der Waals surface area contributed by atoms with E-state index in [1.54, 1.807) is 14.2 Å². The Balaban J connectivity index is 1.69. The van der Waals surface area contributed by atoms with Gasteiger partial charge in [-0.15, -0.1) is 0 Å². The molecule has 1 N–H and O–H groups in total. The van der Waals surface area contributed by atoms with Crippen LogP contribution in [0.1, 0.15) is 28.9 Å². The van der Waals surface area contributed by atoms with Crippen molar-refractivity contribution in [2.45, 2.75) is 13.0 Å². The standard InChI is InChI=1S/C26H24N2O3/c1-17(19-13-14-24(30-2)25(15-19)31-3)27-26(29)21-16-23(18-9-5-4-6-10-18)28-22-12-8-7-11-20(21)22/h4-17H,1-3H3,(H,27,29). The highest BCUT2D eigenvalue weighted by molar-refractivity contribution is 6.07. The normalized spacial score (nSPS) is 11.7. The predicted molar refractivity (Wildman–Crippen MR) is 123 cm³/mol. The number of carbonyl (C=O) groups is 1. The lowest BCUT2D eigenvalue weighted by Crippen LogP contribution is -2.27. The Kier molecular flexibility index (Phi) is 5.85. The molecular weight excluding hydrogens is 388 g/mol. The van der Waals surface area contributed by atoms with Gasteiger partial charge in [0.2, 0.25) is 0 Å². The largest absolute Gasteiger partial charge is 0.493 e. The van der Waals surface area contributed by atoms with Crippen LogP contribution in [0.4, 0.5) is 0 Å². The first-order valence-electron chi connectivity index (χ1n) is 10.1. The summed E-state index contributed by atoms with van der Waals surface area (Å²) in [6.07, 6.45) is 0. The van der Waals surface area contributed by atoms with Crippen molar-refractivity contribution in [3.63, 3.8) is 0 Å². The zero-order valence-corrected chi connectivity index (χ0v) is 17.8. The van der Waals surface area contributed by atoms with Gasteiger partial charge in [0.15, 0.2) is 11.5 Å². The number of ether oxygens (including phenoxy) is 2. The molecule has 4 rings (SSSR count). The van der Waals surface area contributed by atoms with Crippen LogP contribution in [0.3, 0.4) is 0 Å². The summed E-state index contributed by atoms with van der Waals surface area (Å²) in [6, 6.07) is 24.8. The van der Waals surface area contributed by atoms with E-state index in [0.29, 0.717) is 17.1 Å². The van der Waals surface area contributed by atoms with Crippen molar-refractivity contribution in [3.8, 4) is 22.8 Å². The van der Waals surface area contributed by atoms with E-state index in [4.69, 9.17) is 14.5 Å². The Morgan fingerprint density at radius 3 is 2.32 bits per heavy atom. The molecule has 0 aliphatic heterocycles. The van der Waals surface area contributed by atoms with Crippen molar-refractivity contribution in [1.82, 2.24) is 10.3 Å². The molecule has 0 saturated heterocycles. The first kappa shape index (κ1) is 20.4. The number of hydrogen-bond acceptors (Lipinski definition) is 4. The molecule has 156 valence electrons. The second kappa shape index (κ2) is 8.88. The number of benzene rings is 3. The molecule has 5 nitrogen and oxygen atoms in total. The molecule has 4 aromatic rings. The summed E-state index contributed by atoms with van der Waals surface area (Å²) in [4.78, 5) is 18.1. The maximum Gasteiger partial charge on any atom is 0.252 e. The number of carbonyl (C=O) groups excluding carboxylic acids is 1. The monoisotopic (exact) mass is 412 g/mol. The van der Waals surface area contributed by atoms with E-state index in [-0.39, 0.29) is 11.9 Å². The summed E-state index contributed by atoms with van der Waals surface area (Å²) in [7, 11) is 3.20. The number of pyridine rings is 1. The van der Waals surface area contributed by atoms with Crippen molar-refractivity contribution < 1.29 is 14.3 Å². The van der Waals surface area contributed by atoms with Gasteiger partial charge in [0.1, 0.15) is 0 Å². The van der Waals surface area contributed by atoms with Crippen LogP contribution in [-0.2, 0) is 0 Å². The number of hydrogen-bond donors (Lipinski definition) is 1. The van der Waals surface area contributed by atoms with Crippen molar-refractivity contribution in [2.24, 2.45) is 0 Å². The molecule has 1 unspecified atom stereocenters. The van der Waals surface area contributed by atoms with E-state index in [1.165, 1.54) is 0 Å². The van der Waals surface area contributed by atoms with Gasteiger partial charge in [-0.2, -0.15) is 0 Å². The minimum Gasteiger partial charge on any atom is -0.493 e. The van der Waals surface area contributed by atoms with Gasteiger partial charge in [-0.05, 0) is 36.8 Å². The zero-order chi connectivity index (χ0) is 21.8. The second-order valence-electron chi connectivity index (χ2n) is 7.25. The first-order valence-corrected chi connectivity index (χ1v) is 10.1. The van der Waals surface area contributed by atoms with Gasteiger partial charge in [0.05, 0.1) is 37.0 Å². The third kappa shape index (κ3) is 4.21. The van der Waals surface area contributed by atoms with Gasteiger partial charge in [-0.25, -0.2) is 4.98 Å². The number of fused-ring (bicyclic) bond motifs is 1. The van der Waals surface area contributed by atoms with Gasteiger partial charge < -0.3 is 14.8 Å². The molecule has 0 aliphatic carbocycles. The molecule has 0 aliphatic rings. The van der Waals surface area contributed by atoms with Crippen LogP contribution in [0, 0.1) is 0 Å². The molecular formula is C26H24N2O3. The minimum atomic E-state index is -0.223. The Morgan fingerprint density at radius 1 is 0.871 bits per heavy atom. The molecule has 1 aromatic heterocycles. The fourth-order valence-electron chi connectivity index (χ4n) is 3.60. The van der Waals surface area contributed by atoms with Crippen LogP contribution in [0.25, 0.3) is 22.2 Å². The highest BCUT2D eigenvalue weighted by Crippen LogP contribution is 2.30. The summed E-state index contributed by atoms with van der Waals surface area (Å²) in [6.45, 7) is 1.95. The van der Waals surface area contributed by atoms with Crippen LogP contribution >= 0.6 is 0 Å². The molecule has 5 heteroatoms. The number of rotatable bonds is 6. The van der Waals surface area contributed by atoms with Crippen LogP contribution < -0.4 is 14.8 Å². The van der Waals surface area contributed by atoms with Crippen LogP contribution in [-0.4, -0.2) is 25.1 Å². The van der Waals surface area contributed by atoms with Crippen molar-refractivity contribution >= 4 is 16.8 Å². The number of para-hydroxylation sites is 1. The molecule has 31 heavy (non-hydrogen) atoms. The quantitative estimate of drug-likeness (QED) is 0.460. The third-order valence-corrected chi connectivity index (χ3v) is 5.29. The molecule has 1 heterocycles. The maximum absolute atomic E-state index is 13.3. The molecule has 0 fully saturated rings. The van der Waals surface area contributed by atoms with Gasteiger partial charge >= 0.3 is 0 Å². The van der Waals surface area contributed by atoms with Gasteiger partial charge in [0, 0.05) is 10.9 Å². The Hall–Kier alpha value is -3.86. The fourth-order valence-corrected chi connectivity index (χ4v) is 3.60.